The Morgan fingerprint density at radius 2 is 1.82 bits per heavy atom. The molecule has 1 heterocycles. The monoisotopic (exact) mass is 302 g/mol. The average Bonchev–Trinajstić information content (AvgIpc) is 3.03. The fourth-order valence-corrected chi connectivity index (χ4v) is 2.37. The number of hydrogen-bond acceptors (Lipinski definition) is 4. The van der Waals surface area contributed by atoms with Crippen molar-refractivity contribution in [2.75, 3.05) is 20.2 Å². The van der Waals surface area contributed by atoms with E-state index in [4.69, 9.17) is 9.26 Å². The van der Waals surface area contributed by atoms with Crippen molar-refractivity contribution < 1.29 is 14.1 Å². The molecule has 0 aliphatic carbocycles. The summed E-state index contributed by atoms with van der Waals surface area (Å²) in [5.74, 6) is 1.23. The van der Waals surface area contributed by atoms with Gasteiger partial charge in [-0.2, -0.15) is 0 Å². The fourth-order valence-electron chi connectivity index (χ4n) is 2.37. The van der Waals surface area contributed by atoms with E-state index in [1.807, 2.05) is 29.2 Å². The Labute approximate surface area is 130 Å². The van der Waals surface area contributed by atoms with Gasteiger partial charge in [0.1, 0.15) is 11.3 Å². The molecule has 0 saturated heterocycles. The summed E-state index contributed by atoms with van der Waals surface area (Å²) in [6, 6.07) is 7.39. The third kappa shape index (κ3) is 3.47. The maximum absolute atomic E-state index is 12.7. The number of methoxy groups -OCH3 is 1. The zero-order chi connectivity index (χ0) is 15.9. The van der Waals surface area contributed by atoms with Gasteiger partial charge in [0.25, 0.3) is 5.91 Å². The third-order valence-corrected chi connectivity index (χ3v) is 3.43. The molecule has 0 saturated carbocycles. The van der Waals surface area contributed by atoms with Gasteiger partial charge in [0.2, 0.25) is 0 Å². The second-order valence-corrected chi connectivity index (χ2v) is 5.09. The molecule has 0 N–H and O–H groups in total. The molecule has 2 aromatic rings. The van der Waals surface area contributed by atoms with Crippen molar-refractivity contribution in [1.82, 2.24) is 10.1 Å². The fraction of sp³-hybridized carbons (Fsp3) is 0.412. The molecule has 1 amide bonds. The summed E-state index contributed by atoms with van der Waals surface area (Å²) in [5.41, 5.74) is 1.32. The summed E-state index contributed by atoms with van der Waals surface area (Å²) in [7, 11) is 1.62. The lowest BCUT2D eigenvalue weighted by molar-refractivity contribution is 0.0756. The molecule has 0 atom stereocenters. The van der Waals surface area contributed by atoms with Gasteiger partial charge in [0.15, 0.2) is 5.76 Å². The van der Waals surface area contributed by atoms with Gasteiger partial charge in [0, 0.05) is 18.7 Å². The molecule has 0 unspecified atom stereocenters. The molecule has 22 heavy (non-hydrogen) atoms. The summed E-state index contributed by atoms with van der Waals surface area (Å²) in [4.78, 5) is 14.6. The molecule has 5 nitrogen and oxygen atoms in total. The number of amides is 1. The lowest BCUT2D eigenvalue weighted by atomic mass is 10.1. The Balaban J connectivity index is 2.29. The first-order valence-corrected chi connectivity index (χ1v) is 7.59. The number of nitrogens with zero attached hydrogens (tertiary/aromatic N) is 2. The standard InChI is InChI=1S/C17H22N2O3/c1-4-10-19(11-5-2)17(20)15-12-18-22-16(15)13-6-8-14(21-3)9-7-13/h6-9,12H,4-5,10-11H2,1-3H3. The number of rotatable bonds is 7. The van der Waals surface area contributed by atoms with Crippen LogP contribution in [0.3, 0.4) is 0 Å². The topological polar surface area (TPSA) is 55.6 Å². The first kappa shape index (κ1) is 16.1. The largest absolute Gasteiger partial charge is 0.497 e. The van der Waals surface area contributed by atoms with Crippen molar-refractivity contribution in [2.24, 2.45) is 0 Å². The Hall–Kier alpha value is -2.30. The molecule has 0 radical (unpaired) electrons. The number of ether oxygens (including phenoxy) is 1. The second kappa shape index (κ2) is 7.64. The number of aromatic nitrogens is 1. The second-order valence-electron chi connectivity index (χ2n) is 5.09. The molecule has 0 bridgehead atoms. The molecule has 1 aromatic carbocycles. The number of benzene rings is 1. The first-order valence-electron chi connectivity index (χ1n) is 7.59. The molecular weight excluding hydrogens is 280 g/mol. The first-order chi connectivity index (χ1) is 10.7. The van der Waals surface area contributed by atoms with E-state index in [0.717, 1.165) is 37.2 Å². The van der Waals surface area contributed by atoms with Gasteiger partial charge in [-0.3, -0.25) is 4.79 Å². The van der Waals surface area contributed by atoms with Crippen LogP contribution in [0.25, 0.3) is 11.3 Å². The SMILES string of the molecule is CCCN(CCC)C(=O)c1cnoc1-c1ccc(OC)cc1. The molecular formula is C17H22N2O3. The van der Waals surface area contributed by atoms with Crippen LogP contribution in [0, 0.1) is 0 Å². The Morgan fingerprint density at radius 1 is 1.18 bits per heavy atom. The van der Waals surface area contributed by atoms with Crippen LogP contribution in [0.1, 0.15) is 37.0 Å². The minimum atomic E-state index is -0.0317. The van der Waals surface area contributed by atoms with Crippen LogP contribution < -0.4 is 4.74 Å². The third-order valence-electron chi connectivity index (χ3n) is 3.43. The van der Waals surface area contributed by atoms with E-state index in [9.17, 15) is 4.79 Å². The number of carbonyl (C=O) groups is 1. The maximum atomic E-state index is 12.7. The van der Waals surface area contributed by atoms with Crippen LogP contribution in [0.15, 0.2) is 35.0 Å². The van der Waals surface area contributed by atoms with Crippen molar-refractivity contribution in [3.63, 3.8) is 0 Å². The van der Waals surface area contributed by atoms with Crippen LogP contribution >= 0.6 is 0 Å². The van der Waals surface area contributed by atoms with Gasteiger partial charge >= 0.3 is 0 Å². The predicted octanol–water partition coefficient (Wildman–Crippen LogP) is 3.61. The highest BCUT2D eigenvalue weighted by molar-refractivity contribution is 5.99. The van der Waals surface area contributed by atoms with Crippen molar-refractivity contribution in [1.29, 1.82) is 0 Å². The van der Waals surface area contributed by atoms with E-state index >= 15 is 0 Å². The van der Waals surface area contributed by atoms with Crippen molar-refractivity contribution in [3.8, 4) is 17.1 Å². The minimum Gasteiger partial charge on any atom is -0.497 e. The summed E-state index contributed by atoms with van der Waals surface area (Å²) in [6.07, 6.45) is 3.35. The van der Waals surface area contributed by atoms with Gasteiger partial charge < -0.3 is 14.2 Å². The summed E-state index contributed by atoms with van der Waals surface area (Å²) in [5, 5.41) is 3.81. The smallest absolute Gasteiger partial charge is 0.259 e. The van der Waals surface area contributed by atoms with Gasteiger partial charge in [-0.15, -0.1) is 0 Å². The van der Waals surface area contributed by atoms with E-state index in [0.29, 0.717) is 11.3 Å². The highest BCUT2D eigenvalue weighted by atomic mass is 16.5. The van der Waals surface area contributed by atoms with Gasteiger partial charge in [0.05, 0.1) is 13.3 Å². The van der Waals surface area contributed by atoms with E-state index in [2.05, 4.69) is 19.0 Å². The highest BCUT2D eigenvalue weighted by Gasteiger charge is 2.22. The molecule has 5 heteroatoms. The van der Waals surface area contributed by atoms with Crippen LogP contribution in [0.2, 0.25) is 0 Å². The lowest BCUT2D eigenvalue weighted by Gasteiger charge is -2.20. The predicted molar refractivity (Wildman–Crippen MR) is 85.0 cm³/mol. The van der Waals surface area contributed by atoms with Gasteiger partial charge in [-0.25, -0.2) is 0 Å². The molecule has 0 aliphatic heterocycles. The van der Waals surface area contributed by atoms with E-state index in [-0.39, 0.29) is 5.91 Å². The Morgan fingerprint density at radius 3 is 2.36 bits per heavy atom. The molecule has 2 rings (SSSR count). The summed E-state index contributed by atoms with van der Waals surface area (Å²) in [6.45, 7) is 5.60. The normalized spacial score (nSPS) is 10.5. The number of hydrogen-bond donors (Lipinski definition) is 0. The van der Waals surface area contributed by atoms with E-state index in [1.54, 1.807) is 7.11 Å². The highest BCUT2D eigenvalue weighted by Crippen LogP contribution is 2.26. The summed E-state index contributed by atoms with van der Waals surface area (Å²) < 4.78 is 10.5. The summed E-state index contributed by atoms with van der Waals surface area (Å²) >= 11 is 0. The maximum Gasteiger partial charge on any atom is 0.259 e. The minimum absolute atomic E-state index is 0.0317. The lowest BCUT2D eigenvalue weighted by Crippen LogP contribution is -2.32. The Kier molecular flexibility index (Phi) is 5.58. The molecule has 118 valence electrons. The Bertz CT molecular complexity index is 599. The van der Waals surface area contributed by atoms with Crippen molar-refractivity contribution in [3.05, 3.63) is 36.0 Å². The van der Waals surface area contributed by atoms with Gasteiger partial charge in [-0.1, -0.05) is 19.0 Å². The van der Waals surface area contributed by atoms with Crippen LogP contribution in [-0.4, -0.2) is 36.2 Å². The van der Waals surface area contributed by atoms with Crippen molar-refractivity contribution >= 4 is 5.91 Å². The zero-order valence-corrected chi connectivity index (χ0v) is 13.3. The molecule has 1 aromatic heterocycles. The van der Waals surface area contributed by atoms with Crippen molar-refractivity contribution in [2.45, 2.75) is 26.7 Å². The van der Waals surface area contributed by atoms with Gasteiger partial charge in [-0.05, 0) is 37.1 Å². The van der Waals surface area contributed by atoms with E-state index < -0.39 is 0 Å². The zero-order valence-electron chi connectivity index (χ0n) is 13.3. The molecule has 0 spiro atoms. The number of carbonyl (C=O) groups excluding carboxylic acids is 1. The van der Waals surface area contributed by atoms with Crippen LogP contribution in [0.4, 0.5) is 0 Å². The molecule has 0 aliphatic rings. The average molecular weight is 302 g/mol. The van der Waals surface area contributed by atoms with Crippen LogP contribution in [-0.2, 0) is 0 Å². The van der Waals surface area contributed by atoms with E-state index in [1.165, 1.54) is 6.20 Å². The molecule has 0 fully saturated rings. The van der Waals surface area contributed by atoms with Crippen LogP contribution in [0.5, 0.6) is 5.75 Å². The quantitative estimate of drug-likeness (QED) is 0.784.